The zero-order valence-electron chi connectivity index (χ0n) is 29.3. The average molecular weight is 664 g/mol. The number of hydrogen-bond donors (Lipinski definition) is 6. The Kier molecular flexibility index (Phi) is 15.4. The zero-order valence-corrected chi connectivity index (χ0v) is 29.3. The second-order valence-corrected chi connectivity index (χ2v) is 14.4. The van der Waals surface area contributed by atoms with Gasteiger partial charge in [-0.25, -0.2) is 0 Å². The third-order valence-electron chi connectivity index (χ3n) is 10.1. The summed E-state index contributed by atoms with van der Waals surface area (Å²) in [5, 5.41) is 21.7. The van der Waals surface area contributed by atoms with Gasteiger partial charge in [-0.1, -0.05) is 65.7 Å². The van der Waals surface area contributed by atoms with Crippen LogP contribution in [0.15, 0.2) is 0 Å². The minimum absolute atomic E-state index is 0.0994. The Bertz CT molecular complexity index is 1070. The molecule has 0 aromatic heterocycles. The first-order valence-electron chi connectivity index (χ1n) is 18.0. The van der Waals surface area contributed by atoms with E-state index >= 15 is 0 Å². The van der Waals surface area contributed by atoms with Crippen molar-refractivity contribution >= 4 is 29.5 Å². The molecule has 1 aliphatic carbocycles. The van der Waals surface area contributed by atoms with Crippen LogP contribution in [0, 0.1) is 11.8 Å². The molecule has 2 heterocycles. The molecule has 0 radical (unpaired) electrons. The number of rotatable bonds is 10. The Hall–Kier alpha value is -2.77. The van der Waals surface area contributed by atoms with Gasteiger partial charge in [-0.15, -0.1) is 0 Å². The maximum atomic E-state index is 14.3. The number of carbonyl (C=O) groups is 5. The van der Waals surface area contributed by atoms with Crippen LogP contribution in [-0.4, -0.2) is 113 Å². The third-order valence-corrected chi connectivity index (χ3v) is 10.1. The fraction of sp³-hybridized carbons (Fsp3) is 0.853. The first kappa shape index (κ1) is 38.7. The number of carbonyl (C=O) groups excluding carboxylic acids is 5. The Morgan fingerprint density at radius 3 is 2.15 bits per heavy atom. The van der Waals surface area contributed by atoms with Gasteiger partial charge >= 0.3 is 0 Å². The molecule has 1 saturated carbocycles. The van der Waals surface area contributed by atoms with Crippen molar-refractivity contribution in [2.24, 2.45) is 17.6 Å². The lowest BCUT2D eigenvalue weighted by molar-refractivity contribution is -0.145. The summed E-state index contributed by atoms with van der Waals surface area (Å²) in [6.45, 7) is 8.31. The molecule has 2 unspecified atom stereocenters. The summed E-state index contributed by atoms with van der Waals surface area (Å²) in [6, 6.07) is -4.96. The monoisotopic (exact) mass is 663 g/mol. The quantitative estimate of drug-likeness (QED) is 0.185. The summed E-state index contributed by atoms with van der Waals surface area (Å²) in [4.78, 5) is 72.7. The number of aliphatic hydroxyl groups is 1. The molecule has 47 heavy (non-hydrogen) atoms. The van der Waals surface area contributed by atoms with Gasteiger partial charge in [0.2, 0.25) is 29.5 Å². The van der Waals surface area contributed by atoms with E-state index in [0.717, 1.165) is 57.8 Å². The first-order valence-corrected chi connectivity index (χ1v) is 18.0. The third kappa shape index (κ3) is 10.9. The minimum atomic E-state index is -1.27. The van der Waals surface area contributed by atoms with Crippen LogP contribution in [0.4, 0.5) is 0 Å². The lowest BCUT2D eigenvalue weighted by Gasteiger charge is -2.37. The highest BCUT2D eigenvalue weighted by Gasteiger charge is 2.41. The summed E-state index contributed by atoms with van der Waals surface area (Å²) in [5.41, 5.74) is 5.93. The average Bonchev–Trinajstić information content (AvgIpc) is 3.50. The molecule has 2 aliphatic heterocycles. The highest BCUT2D eigenvalue weighted by atomic mass is 16.3. The Morgan fingerprint density at radius 1 is 0.830 bits per heavy atom. The molecule has 3 rings (SSSR count). The normalized spacial score (nSPS) is 31.4. The molecule has 2 saturated heterocycles. The highest BCUT2D eigenvalue weighted by Crippen LogP contribution is 2.28. The predicted octanol–water partition coefficient (Wildman–Crippen LogP) is 0.777. The van der Waals surface area contributed by atoms with Gasteiger partial charge in [0.25, 0.3) is 0 Å². The molecule has 8 atom stereocenters. The van der Waals surface area contributed by atoms with Gasteiger partial charge in [0, 0.05) is 32.7 Å². The zero-order chi connectivity index (χ0) is 34.7. The second-order valence-electron chi connectivity index (χ2n) is 14.4. The van der Waals surface area contributed by atoms with Crippen LogP contribution in [0.2, 0.25) is 0 Å². The van der Waals surface area contributed by atoms with Crippen molar-refractivity contribution in [2.75, 3.05) is 26.7 Å². The number of nitrogens with zero attached hydrogens (tertiary/aromatic N) is 2. The molecule has 3 aliphatic rings. The van der Waals surface area contributed by atoms with Crippen LogP contribution >= 0.6 is 0 Å². The number of amides is 5. The van der Waals surface area contributed by atoms with Crippen LogP contribution in [0.3, 0.4) is 0 Å². The number of fused-ring (bicyclic) bond motifs is 2. The number of likely N-dealkylation sites (N-methyl/N-ethyl adjacent to an activating group) is 1. The van der Waals surface area contributed by atoms with E-state index in [1.165, 1.54) is 6.92 Å². The van der Waals surface area contributed by atoms with Gasteiger partial charge in [-0.05, 0) is 50.9 Å². The van der Waals surface area contributed by atoms with Crippen molar-refractivity contribution in [3.8, 4) is 0 Å². The fourth-order valence-corrected chi connectivity index (χ4v) is 7.25. The number of hydrogen-bond acceptors (Lipinski definition) is 8. The maximum absolute atomic E-state index is 14.3. The summed E-state index contributed by atoms with van der Waals surface area (Å²) >= 11 is 0. The number of aliphatic hydroxyl groups excluding tert-OH is 1. The molecule has 5 amide bonds. The standard InChI is InChI=1S/C34H61N7O6/c1-6-7-8-12-15-26-34(47)40(5)27(18-21(2)3)31(44)39-29(23-13-10-9-11-14-23)33(46)37-25(19-35)30(43)38-28(22(4)42)32(45)36-24-16-17-41(26)20-24/h21-29,42H,6-20,35H2,1-5H3,(H,36,45)(H,37,46)(H,38,43)(H,39,44)/t22-,24+,25-,26?,27-,28-,29-/m0/s1. The smallest absolute Gasteiger partial charge is 0.245 e. The minimum Gasteiger partial charge on any atom is -0.391 e. The SMILES string of the molecule is CCCCCCC1C(=O)N(C)[C@@H](CC(C)C)C(=O)N[C@@H](C2CCCCC2)C(=O)N[C@@H](CN)C(=O)N[C@@H]([C@H](C)O)C(=O)N[C@@H]2CCN1C2. The van der Waals surface area contributed by atoms with E-state index in [2.05, 4.69) is 33.1 Å². The van der Waals surface area contributed by atoms with Crippen molar-refractivity contribution in [3.63, 3.8) is 0 Å². The lowest BCUT2D eigenvalue weighted by atomic mass is 9.83. The molecular formula is C34H61N7O6. The summed E-state index contributed by atoms with van der Waals surface area (Å²) in [7, 11) is 1.68. The molecule has 268 valence electrons. The molecule has 7 N–H and O–H groups in total. The van der Waals surface area contributed by atoms with E-state index in [1.807, 2.05) is 13.8 Å². The van der Waals surface area contributed by atoms with Crippen LogP contribution in [0.1, 0.15) is 105 Å². The van der Waals surface area contributed by atoms with Crippen molar-refractivity contribution in [3.05, 3.63) is 0 Å². The Balaban J connectivity index is 2.02. The number of unbranched alkanes of at least 4 members (excludes halogenated alkanes) is 3. The maximum Gasteiger partial charge on any atom is 0.245 e. The van der Waals surface area contributed by atoms with Crippen LogP contribution in [0.5, 0.6) is 0 Å². The van der Waals surface area contributed by atoms with Gasteiger partial charge in [-0.3, -0.25) is 28.9 Å². The van der Waals surface area contributed by atoms with Crippen molar-refractivity contribution < 1.29 is 29.1 Å². The molecule has 13 heteroatoms. The van der Waals surface area contributed by atoms with Gasteiger partial charge in [0.1, 0.15) is 24.2 Å². The van der Waals surface area contributed by atoms with Crippen molar-refractivity contribution in [2.45, 2.75) is 147 Å². The number of nitrogens with two attached hydrogens (primary N) is 1. The fourth-order valence-electron chi connectivity index (χ4n) is 7.25. The topological polar surface area (TPSA) is 186 Å². The number of nitrogens with one attached hydrogen (secondary N) is 4. The van der Waals surface area contributed by atoms with E-state index in [9.17, 15) is 29.1 Å². The predicted molar refractivity (Wildman–Crippen MR) is 180 cm³/mol. The molecule has 2 bridgehead atoms. The van der Waals surface area contributed by atoms with Crippen LogP contribution in [-0.2, 0) is 24.0 Å². The summed E-state index contributed by atoms with van der Waals surface area (Å²) in [6.07, 6.45) is 8.75. The summed E-state index contributed by atoms with van der Waals surface area (Å²) < 4.78 is 0. The largest absolute Gasteiger partial charge is 0.391 e. The van der Waals surface area contributed by atoms with Gasteiger partial charge < -0.3 is 37.0 Å². The highest BCUT2D eigenvalue weighted by molar-refractivity contribution is 5.96. The Labute approximate surface area is 280 Å². The van der Waals surface area contributed by atoms with E-state index in [1.54, 1.807) is 11.9 Å². The first-order chi connectivity index (χ1) is 22.4. The van der Waals surface area contributed by atoms with Crippen molar-refractivity contribution in [1.29, 1.82) is 0 Å². The van der Waals surface area contributed by atoms with Crippen LogP contribution < -0.4 is 27.0 Å². The second kappa shape index (κ2) is 18.7. The van der Waals surface area contributed by atoms with E-state index in [4.69, 9.17) is 5.73 Å². The summed E-state index contributed by atoms with van der Waals surface area (Å²) in [5.74, 6) is -2.36. The molecule has 13 nitrogen and oxygen atoms in total. The molecule has 0 spiro atoms. The van der Waals surface area contributed by atoms with E-state index < -0.39 is 54.0 Å². The van der Waals surface area contributed by atoms with Crippen LogP contribution in [0.25, 0.3) is 0 Å². The van der Waals surface area contributed by atoms with Gasteiger partial charge in [0.05, 0.1) is 12.1 Å². The van der Waals surface area contributed by atoms with Crippen molar-refractivity contribution in [1.82, 2.24) is 31.1 Å². The molecule has 0 aromatic carbocycles. The molecule has 3 fully saturated rings. The van der Waals surface area contributed by atoms with Gasteiger partial charge in [0.15, 0.2) is 0 Å². The van der Waals surface area contributed by atoms with Gasteiger partial charge in [-0.2, -0.15) is 0 Å². The molecule has 0 aromatic rings. The Morgan fingerprint density at radius 2 is 1.53 bits per heavy atom. The van der Waals surface area contributed by atoms with E-state index in [0.29, 0.717) is 32.4 Å². The molecular weight excluding hydrogens is 602 g/mol. The lowest BCUT2D eigenvalue weighted by Crippen LogP contribution is -2.63. The van der Waals surface area contributed by atoms with E-state index in [-0.39, 0.29) is 36.2 Å².